The number of carboxylic acids is 1. The Kier molecular flexibility index (Phi) is 11.5. The van der Waals surface area contributed by atoms with E-state index in [2.05, 4.69) is 12.2 Å². The van der Waals surface area contributed by atoms with Crippen LogP contribution in [-0.4, -0.2) is 46.9 Å². The van der Waals surface area contributed by atoms with Crippen LogP contribution in [-0.2, 0) is 22.6 Å². The third kappa shape index (κ3) is 9.30. The molecule has 0 aliphatic carbocycles. The minimum atomic E-state index is -1.02. The van der Waals surface area contributed by atoms with Crippen molar-refractivity contribution in [3.63, 3.8) is 0 Å². The van der Waals surface area contributed by atoms with Crippen LogP contribution in [0.5, 0.6) is 5.75 Å². The Labute approximate surface area is 253 Å². The quantitative estimate of drug-likeness (QED) is 0.145. The number of nitrogens with one attached hydrogen (secondary N) is 1. The van der Waals surface area contributed by atoms with Gasteiger partial charge >= 0.3 is 5.97 Å². The zero-order valence-electron chi connectivity index (χ0n) is 24.4. The maximum Gasteiger partial charge on any atom is 0.326 e. The molecule has 0 saturated carbocycles. The summed E-state index contributed by atoms with van der Waals surface area (Å²) < 4.78 is 5.95. The first-order chi connectivity index (χ1) is 20.9. The SMILES string of the molecule is CCCCC(=O)N(CCOc1ccc(C[C@H](Nc2ccccc2C(=O)c2ccccc2)C(=O)O)cc1)Cc1ccccc1. The summed E-state index contributed by atoms with van der Waals surface area (Å²) in [6.07, 6.45) is 2.54. The summed E-state index contributed by atoms with van der Waals surface area (Å²) in [5.41, 5.74) is 3.30. The van der Waals surface area contributed by atoms with Crippen LogP contribution in [0.2, 0.25) is 0 Å². The van der Waals surface area contributed by atoms with Crippen molar-refractivity contribution < 1.29 is 24.2 Å². The summed E-state index contributed by atoms with van der Waals surface area (Å²) >= 11 is 0. The van der Waals surface area contributed by atoms with Crippen LogP contribution >= 0.6 is 0 Å². The molecule has 4 aromatic carbocycles. The number of carbonyl (C=O) groups is 3. The van der Waals surface area contributed by atoms with Gasteiger partial charge in [0.1, 0.15) is 18.4 Å². The van der Waals surface area contributed by atoms with Crippen molar-refractivity contribution in [3.05, 3.63) is 131 Å². The number of carbonyl (C=O) groups excluding carboxylic acids is 2. The lowest BCUT2D eigenvalue weighted by Crippen LogP contribution is -2.34. The average Bonchev–Trinajstić information content (AvgIpc) is 3.04. The lowest BCUT2D eigenvalue weighted by molar-refractivity contribution is -0.138. The van der Waals surface area contributed by atoms with Crippen molar-refractivity contribution in [2.75, 3.05) is 18.5 Å². The third-order valence-corrected chi connectivity index (χ3v) is 7.14. The number of hydrogen-bond acceptors (Lipinski definition) is 5. The number of nitrogens with zero attached hydrogens (tertiary/aromatic N) is 1. The van der Waals surface area contributed by atoms with E-state index in [1.54, 1.807) is 48.5 Å². The molecule has 4 aromatic rings. The van der Waals surface area contributed by atoms with Crippen LogP contribution in [0, 0.1) is 0 Å². The first-order valence-electron chi connectivity index (χ1n) is 14.7. The van der Waals surface area contributed by atoms with Gasteiger partial charge < -0.3 is 20.1 Å². The zero-order chi connectivity index (χ0) is 30.4. The summed E-state index contributed by atoms with van der Waals surface area (Å²) in [4.78, 5) is 39.9. The van der Waals surface area contributed by atoms with E-state index in [-0.39, 0.29) is 18.1 Å². The van der Waals surface area contributed by atoms with Gasteiger partial charge in [-0.3, -0.25) is 9.59 Å². The van der Waals surface area contributed by atoms with E-state index in [0.717, 1.165) is 24.0 Å². The zero-order valence-corrected chi connectivity index (χ0v) is 24.4. The Hall–Kier alpha value is -4.91. The maximum atomic E-state index is 13.1. The predicted octanol–water partition coefficient (Wildman–Crippen LogP) is 6.62. The number of ketones is 1. The number of benzene rings is 4. The molecule has 1 amide bonds. The minimum Gasteiger partial charge on any atom is -0.492 e. The van der Waals surface area contributed by atoms with Gasteiger partial charge in [-0.2, -0.15) is 0 Å². The normalized spacial score (nSPS) is 11.4. The summed E-state index contributed by atoms with van der Waals surface area (Å²) in [7, 11) is 0. The smallest absolute Gasteiger partial charge is 0.326 e. The highest BCUT2D eigenvalue weighted by atomic mass is 16.5. The second kappa shape index (κ2) is 15.9. The fourth-order valence-electron chi connectivity index (χ4n) is 4.75. The average molecular weight is 579 g/mol. The van der Waals surface area contributed by atoms with Crippen molar-refractivity contribution >= 4 is 23.3 Å². The Morgan fingerprint density at radius 1 is 0.814 bits per heavy atom. The lowest BCUT2D eigenvalue weighted by atomic mass is 10.00. The van der Waals surface area contributed by atoms with E-state index in [1.165, 1.54) is 0 Å². The number of rotatable bonds is 16. The fourth-order valence-corrected chi connectivity index (χ4v) is 4.75. The minimum absolute atomic E-state index is 0.115. The fraction of sp³-hybridized carbons (Fsp3) is 0.250. The third-order valence-electron chi connectivity index (χ3n) is 7.14. The molecule has 0 aliphatic heterocycles. The molecule has 0 unspecified atom stereocenters. The molecule has 0 radical (unpaired) electrons. The summed E-state index contributed by atoms with van der Waals surface area (Å²) in [5, 5.41) is 13.0. The standard InChI is InChI=1S/C36H38N2O5/c1-2-3-18-34(39)38(26-28-12-6-4-7-13-28)23-24-43-30-21-19-27(20-22-30)25-33(36(41)42)37-32-17-11-10-16-31(32)35(40)29-14-8-5-9-15-29/h4-17,19-22,33,37H,2-3,18,23-26H2,1H3,(H,41,42)/t33-/m0/s1. The molecule has 7 heteroatoms. The van der Waals surface area contributed by atoms with E-state index in [4.69, 9.17) is 4.74 Å². The second-order valence-corrected chi connectivity index (χ2v) is 10.4. The number of amides is 1. The maximum absolute atomic E-state index is 13.1. The second-order valence-electron chi connectivity index (χ2n) is 10.4. The van der Waals surface area contributed by atoms with Gasteiger partial charge in [-0.1, -0.05) is 98.3 Å². The predicted molar refractivity (Wildman–Crippen MR) is 168 cm³/mol. The van der Waals surface area contributed by atoms with Gasteiger partial charge in [0.25, 0.3) is 0 Å². The molecule has 0 spiro atoms. The van der Waals surface area contributed by atoms with Crippen LogP contribution in [0.25, 0.3) is 0 Å². The molecular weight excluding hydrogens is 540 g/mol. The number of para-hydroxylation sites is 1. The van der Waals surface area contributed by atoms with E-state index >= 15 is 0 Å². The number of unbranched alkanes of at least 4 members (excludes halogenated alkanes) is 1. The highest BCUT2D eigenvalue weighted by Gasteiger charge is 2.21. The van der Waals surface area contributed by atoms with Gasteiger partial charge in [0.15, 0.2) is 5.78 Å². The van der Waals surface area contributed by atoms with Crippen LogP contribution in [0.3, 0.4) is 0 Å². The topological polar surface area (TPSA) is 95.9 Å². The Morgan fingerprint density at radius 3 is 2.14 bits per heavy atom. The molecule has 0 aliphatic rings. The van der Waals surface area contributed by atoms with E-state index < -0.39 is 12.0 Å². The van der Waals surface area contributed by atoms with Crippen molar-refractivity contribution in [1.29, 1.82) is 0 Å². The van der Waals surface area contributed by atoms with E-state index in [0.29, 0.717) is 48.7 Å². The number of ether oxygens (including phenoxy) is 1. The van der Waals surface area contributed by atoms with Crippen LogP contribution < -0.4 is 10.1 Å². The highest BCUT2D eigenvalue weighted by molar-refractivity contribution is 6.12. The van der Waals surface area contributed by atoms with Crippen LogP contribution in [0.1, 0.15) is 53.2 Å². The van der Waals surface area contributed by atoms with Crippen molar-refractivity contribution in [2.45, 2.75) is 45.2 Å². The molecule has 0 bridgehead atoms. The van der Waals surface area contributed by atoms with Crippen LogP contribution in [0.15, 0.2) is 109 Å². The Bertz CT molecular complexity index is 1470. The molecule has 2 N–H and O–H groups in total. The summed E-state index contributed by atoms with van der Waals surface area (Å²) in [5.74, 6) is -0.441. The molecule has 4 rings (SSSR count). The summed E-state index contributed by atoms with van der Waals surface area (Å²) in [6, 6.07) is 32.1. The van der Waals surface area contributed by atoms with Gasteiger partial charge in [-0.25, -0.2) is 4.79 Å². The number of hydrogen-bond donors (Lipinski definition) is 2. The number of carboxylic acid groups (broad SMARTS) is 1. The molecule has 222 valence electrons. The number of anilines is 1. The first kappa shape index (κ1) is 31.0. The van der Waals surface area contributed by atoms with Crippen molar-refractivity contribution in [2.24, 2.45) is 0 Å². The highest BCUT2D eigenvalue weighted by Crippen LogP contribution is 2.22. The Balaban J connectivity index is 1.36. The van der Waals surface area contributed by atoms with Crippen LogP contribution in [0.4, 0.5) is 5.69 Å². The molecule has 0 heterocycles. The van der Waals surface area contributed by atoms with Gasteiger partial charge in [0.05, 0.1) is 6.54 Å². The van der Waals surface area contributed by atoms with Crippen molar-refractivity contribution in [3.8, 4) is 5.75 Å². The largest absolute Gasteiger partial charge is 0.492 e. The van der Waals surface area contributed by atoms with Gasteiger partial charge in [-0.15, -0.1) is 0 Å². The molecule has 0 saturated heterocycles. The summed E-state index contributed by atoms with van der Waals surface area (Å²) in [6.45, 7) is 3.42. The van der Waals surface area contributed by atoms with Crippen molar-refractivity contribution in [1.82, 2.24) is 4.90 Å². The molecule has 43 heavy (non-hydrogen) atoms. The molecular formula is C36H38N2O5. The first-order valence-corrected chi connectivity index (χ1v) is 14.7. The van der Waals surface area contributed by atoms with Gasteiger partial charge in [-0.05, 0) is 41.8 Å². The van der Waals surface area contributed by atoms with E-state index in [1.807, 2.05) is 65.6 Å². The Morgan fingerprint density at radius 2 is 1.47 bits per heavy atom. The molecule has 1 atom stereocenters. The monoisotopic (exact) mass is 578 g/mol. The lowest BCUT2D eigenvalue weighted by Gasteiger charge is -2.23. The van der Waals surface area contributed by atoms with Gasteiger partial charge in [0.2, 0.25) is 5.91 Å². The number of aliphatic carboxylic acids is 1. The molecule has 7 nitrogen and oxygen atoms in total. The van der Waals surface area contributed by atoms with E-state index in [9.17, 15) is 19.5 Å². The molecule has 0 fully saturated rings. The molecule has 0 aromatic heterocycles. The van der Waals surface area contributed by atoms with Gasteiger partial charge in [0, 0.05) is 36.2 Å².